The van der Waals surface area contributed by atoms with Gasteiger partial charge in [0, 0.05) is 17.8 Å². The maximum absolute atomic E-state index is 9.78. The molecule has 0 spiro atoms. The first-order chi connectivity index (χ1) is 7.29. The van der Waals surface area contributed by atoms with Crippen LogP contribution in [0.25, 0.3) is 5.57 Å². The third-order valence-corrected chi connectivity index (χ3v) is 2.32. The van der Waals surface area contributed by atoms with Crippen molar-refractivity contribution in [2.75, 3.05) is 11.9 Å². The van der Waals surface area contributed by atoms with Crippen LogP contribution < -0.4 is 5.32 Å². The van der Waals surface area contributed by atoms with Crippen molar-refractivity contribution in [1.29, 1.82) is 0 Å². The van der Waals surface area contributed by atoms with E-state index in [0.29, 0.717) is 0 Å². The van der Waals surface area contributed by atoms with E-state index in [1.54, 1.807) is 6.07 Å². The van der Waals surface area contributed by atoms with Crippen LogP contribution in [0.4, 0.5) is 5.69 Å². The summed E-state index contributed by atoms with van der Waals surface area (Å²) < 4.78 is 0. The summed E-state index contributed by atoms with van der Waals surface area (Å²) in [4.78, 5) is 0. The maximum atomic E-state index is 9.78. The summed E-state index contributed by atoms with van der Waals surface area (Å²) in [6.45, 7) is 4.68. The van der Waals surface area contributed by atoms with Crippen LogP contribution in [0.3, 0.4) is 0 Å². The van der Waals surface area contributed by atoms with Gasteiger partial charge in [-0.3, -0.25) is 0 Å². The number of hydrogen-bond acceptors (Lipinski definition) is 2. The molecule has 0 saturated heterocycles. The molecule has 1 heterocycles. The number of allylic oxidation sites excluding steroid dienone is 4. The van der Waals surface area contributed by atoms with E-state index in [1.165, 1.54) is 0 Å². The minimum Gasteiger partial charge on any atom is -0.507 e. The average Bonchev–Trinajstić information content (AvgIpc) is 2.30. The van der Waals surface area contributed by atoms with E-state index in [0.717, 1.165) is 23.4 Å². The lowest BCUT2D eigenvalue weighted by atomic mass is 10.0. The van der Waals surface area contributed by atoms with Crippen LogP contribution in [-0.4, -0.2) is 11.7 Å². The first-order valence-electron chi connectivity index (χ1n) is 4.87. The second-order valence-electron chi connectivity index (χ2n) is 3.39. The highest BCUT2D eigenvalue weighted by Gasteiger charge is 2.08. The number of phenols is 1. The number of benzene rings is 1. The smallest absolute Gasteiger partial charge is 0.125 e. The van der Waals surface area contributed by atoms with Crippen LogP contribution in [0, 0.1) is 0 Å². The topological polar surface area (TPSA) is 32.3 Å². The summed E-state index contributed by atoms with van der Waals surface area (Å²) >= 11 is 0. The molecule has 0 saturated carbocycles. The fraction of sp³-hybridized carbons (Fsp3) is 0.0769. The number of hydrogen-bond donors (Lipinski definition) is 2. The molecule has 0 aliphatic carbocycles. The third-order valence-electron chi connectivity index (χ3n) is 2.32. The van der Waals surface area contributed by atoms with E-state index in [-0.39, 0.29) is 5.75 Å². The largest absolute Gasteiger partial charge is 0.507 e. The van der Waals surface area contributed by atoms with Crippen molar-refractivity contribution in [1.82, 2.24) is 0 Å². The zero-order valence-corrected chi connectivity index (χ0v) is 8.40. The molecule has 15 heavy (non-hydrogen) atoms. The quantitative estimate of drug-likeness (QED) is 0.673. The number of nitrogens with one attached hydrogen (secondary N) is 1. The maximum Gasteiger partial charge on any atom is 0.125 e. The van der Waals surface area contributed by atoms with Crippen LogP contribution in [0.2, 0.25) is 0 Å². The van der Waals surface area contributed by atoms with Gasteiger partial charge in [0.2, 0.25) is 0 Å². The van der Waals surface area contributed by atoms with Gasteiger partial charge in [-0.05, 0) is 17.7 Å². The van der Waals surface area contributed by atoms with Gasteiger partial charge < -0.3 is 10.4 Å². The summed E-state index contributed by atoms with van der Waals surface area (Å²) in [6.07, 6.45) is 7.79. The molecule has 76 valence electrons. The predicted octanol–water partition coefficient (Wildman–Crippen LogP) is 2.94. The molecule has 0 bridgehead atoms. The summed E-state index contributed by atoms with van der Waals surface area (Å²) in [5.41, 5.74) is 2.50. The Bertz CT molecular complexity index is 444. The van der Waals surface area contributed by atoms with Crippen molar-refractivity contribution in [3.63, 3.8) is 0 Å². The van der Waals surface area contributed by atoms with E-state index in [2.05, 4.69) is 11.9 Å². The monoisotopic (exact) mass is 199 g/mol. The number of fused-ring (bicyclic) bond motifs is 1. The fourth-order valence-electron chi connectivity index (χ4n) is 1.60. The molecule has 0 unspecified atom stereocenters. The van der Waals surface area contributed by atoms with Crippen molar-refractivity contribution in [3.8, 4) is 5.75 Å². The minimum absolute atomic E-state index is 0.261. The van der Waals surface area contributed by atoms with E-state index < -0.39 is 0 Å². The Labute approximate surface area is 89.3 Å². The molecule has 1 aliphatic heterocycles. The van der Waals surface area contributed by atoms with Gasteiger partial charge in [-0.25, -0.2) is 0 Å². The standard InChI is InChI=1S/C13H13NO/c1-10-6-3-2-4-9-14-11-7-5-8-12(15)13(10)11/h2-8,14-15H,1,9H2/b4-2-,6-3-. The molecule has 1 aliphatic rings. The Balaban J connectivity index is 2.54. The van der Waals surface area contributed by atoms with Gasteiger partial charge in [-0.2, -0.15) is 0 Å². The van der Waals surface area contributed by atoms with Gasteiger partial charge >= 0.3 is 0 Å². The Hall–Kier alpha value is -1.96. The molecule has 2 rings (SSSR count). The van der Waals surface area contributed by atoms with Crippen LogP contribution in [0.5, 0.6) is 5.75 Å². The average molecular weight is 199 g/mol. The first-order valence-corrected chi connectivity index (χ1v) is 4.87. The van der Waals surface area contributed by atoms with Gasteiger partial charge in [0.05, 0.1) is 0 Å². The van der Waals surface area contributed by atoms with E-state index >= 15 is 0 Å². The molecule has 0 fully saturated rings. The zero-order chi connectivity index (χ0) is 10.7. The second kappa shape index (κ2) is 4.05. The zero-order valence-electron chi connectivity index (χ0n) is 8.40. The highest BCUT2D eigenvalue weighted by molar-refractivity contribution is 5.84. The molecule has 0 radical (unpaired) electrons. The molecule has 1 aromatic carbocycles. The molecule has 2 nitrogen and oxygen atoms in total. The number of rotatable bonds is 0. The summed E-state index contributed by atoms with van der Waals surface area (Å²) in [7, 11) is 0. The molecular weight excluding hydrogens is 186 g/mol. The first kappa shape index (κ1) is 9.59. The van der Waals surface area contributed by atoms with Crippen molar-refractivity contribution in [2.45, 2.75) is 0 Å². The van der Waals surface area contributed by atoms with Crippen molar-refractivity contribution < 1.29 is 5.11 Å². The van der Waals surface area contributed by atoms with Crippen molar-refractivity contribution in [3.05, 3.63) is 54.6 Å². The van der Waals surface area contributed by atoms with Gasteiger partial charge in [0.25, 0.3) is 0 Å². The van der Waals surface area contributed by atoms with E-state index in [9.17, 15) is 5.11 Å². The number of aromatic hydroxyl groups is 1. The summed E-state index contributed by atoms with van der Waals surface area (Å²) in [6, 6.07) is 5.43. The third kappa shape index (κ3) is 1.94. The number of anilines is 1. The Morgan fingerprint density at radius 1 is 1.27 bits per heavy atom. The molecule has 0 aromatic heterocycles. The van der Waals surface area contributed by atoms with Gasteiger partial charge in [0.1, 0.15) is 5.75 Å². The van der Waals surface area contributed by atoms with Crippen LogP contribution >= 0.6 is 0 Å². The SMILES string of the molecule is C=C1/C=C\C=C/CNc2cccc(O)c21. The van der Waals surface area contributed by atoms with Gasteiger partial charge in [0.15, 0.2) is 0 Å². The minimum atomic E-state index is 0.261. The van der Waals surface area contributed by atoms with E-state index in [4.69, 9.17) is 0 Å². The lowest BCUT2D eigenvalue weighted by molar-refractivity contribution is 0.474. The summed E-state index contributed by atoms with van der Waals surface area (Å²) in [5, 5.41) is 13.0. The van der Waals surface area contributed by atoms with Gasteiger partial charge in [-0.15, -0.1) is 0 Å². The second-order valence-corrected chi connectivity index (χ2v) is 3.39. The van der Waals surface area contributed by atoms with Crippen LogP contribution in [-0.2, 0) is 0 Å². The molecule has 1 aromatic rings. The Morgan fingerprint density at radius 3 is 3.00 bits per heavy atom. The Kier molecular flexibility index (Phi) is 2.59. The molecular formula is C13H13NO. The predicted molar refractivity (Wildman–Crippen MR) is 63.9 cm³/mol. The van der Waals surface area contributed by atoms with Crippen LogP contribution in [0.1, 0.15) is 5.56 Å². The molecule has 0 amide bonds. The van der Waals surface area contributed by atoms with Crippen molar-refractivity contribution >= 4 is 11.3 Å². The fourth-order valence-corrected chi connectivity index (χ4v) is 1.60. The lowest BCUT2D eigenvalue weighted by Gasteiger charge is -2.11. The van der Waals surface area contributed by atoms with E-state index in [1.807, 2.05) is 36.4 Å². The highest BCUT2D eigenvalue weighted by atomic mass is 16.3. The van der Waals surface area contributed by atoms with Gasteiger partial charge in [-0.1, -0.05) is 36.9 Å². The molecule has 0 atom stereocenters. The molecule has 2 heteroatoms. The summed E-state index contributed by atoms with van der Waals surface area (Å²) in [5.74, 6) is 0.261. The lowest BCUT2D eigenvalue weighted by Crippen LogP contribution is -2.00. The van der Waals surface area contributed by atoms with Crippen LogP contribution in [0.15, 0.2) is 49.1 Å². The highest BCUT2D eigenvalue weighted by Crippen LogP contribution is 2.32. The Morgan fingerprint density at radius 2 is 2.13 bits per heavy atom. The normalized spacial score (nSPS) is 19.1. The molecule has 2 N–H and O–H groups in total. The van der Waals surface area contributed by atoms with Crippen molar-refractivity contribution in [2.24, 2.45) is 0 Å². The number of phenolic OH excluding ortho intramolecular Hbond substituents is 1.